The number of para-hydroxylation sites is 1. The van der Waals surface area contributed by atoms with Gasteiger partial charge in [-0.3, -0.25) is 10.1 Å². The predicted molar refractivity (Wildman–Crippen MR) is 157 cm³/mol. The first kappa shape index (κ1) is 29.2. The highest BCUT2D eigenvalue weighted by Crippen LogP contribution is 2.42. The molecule has 0 aromatic heterocycles. The second kappa shape index (κ2) is 15.8. The number of rotatable bonds is 17. The van der Waals surface area contributed by atoms with E-state index in [1.807, 2.05) is 54.6 Å². The van der Waals surface area contributed by atoms with Gasteiger partial charge in [0.25, 0.3) is 0 Å². The first-order valence-electron chi connectivity index (χ1n) is 14.3. The minimum absolute atomic E-state index is 0.00496. The normalized spacial score (nSPS) is 11.8. The Balaban J connectivity index is 1.75. The van der Waals surface area contributed by atoms with Crippen LogP contribution in [0.1, 0.15) is 78.6 Å². The molecule has 0 amide bonds. The highest BCUT2D eigenvalue weighted by molar-refractivity contribution is 5.89. The Kier molecular flexibility index (Phi) is 12.2. The zero-order chi connectivity index (χ0) is 27.2. The molecule has 0 fully saturated rings. The van der Waals surface area contributed by atoms with E-state index in [9.17, 15) is 10.1 Å². The maximum absolute atomic E-state index is 12.2. The van der Waals surface area contributed by atoms with Crippen molar-refractivity contribution in [1.82, 2.24) is 0 Å². The second-order valence-corrected chi connectivity index (χ2v) is 10.1. The molecule has 3 aromatic carbocycles. The third kappa shape index (κ3) is 8.61. The molecule has 0 aliphatic carbocycles. The Labute approximate surface area is 228 Å². The van der Waals surface area contributed by atoms with E-state index in [-0.39, 0.29) is 10.6 Å². The van der Waals surface area contributed by atoms with E-state index in [2.05, 4.69) is 20.8 Å². The van der Waals surface area contributed by atoms with E-state index in [4.69, 9.17) is 9.47 Å². The number of nitro benzene ring substituents is 1. The lowest BCUT2D eigenvalue weighted by Crippen LogP contribution is -2.09. The van der Waals surface area contributed by atoms with Crippen LogP contribution in [0.4, 0.5) is 5.69 Å². The smallest absolute Gasteiger partial charge is 0.318 e. The van der Waals surface area contributed by atoms with Gasteiger partial charge in [-0.25, -0.2) is 0 Å². The third-order valence-electron chi connectivity index (χ3n) is 7.03. The van der Waals surface area contributed by atoms with Crippen LogP contribution in [0.25, 0.3) is 22.3 Å². The van der Waals surface area contributed by atoms with E-state index in [1.54, 1.807) is 12.1 Å². The van der Waals surface area contributed by atoms with Crippen LogP contribution in [0.15, 0.2) is 66.7 Å². The first-order valence-corrected chi connectivity index (χ1v) is 14.3. The molecule has 0 heterocycles. The number of hydrogen-bond donors (Lipinski definition) is 0. The van der Waals surface area contributed by atoms with E-state index in [1.165, 1.54) is 44.9 Å². The molecule has 3 rings (SSSR count). The molecule has 204 valence electrons. The molecule has 0 saturated carbocycles. The summed E-state index contributed by atoms with van der Waals surface area (Å²) in [7, 11) is 0. The molecule has 0 radical (unpaired) electrons. The Morgan fingerprint density at radius 3 is 2.13 bits per heavy atom. The van der Waals surface area contributed by atoms with Crippen LogP contribution in [0.5, 0.6) is 11.5 Å². The highest BCUT2D eigenvalue weighted by Gasteiger charge is 2.24. The summed E-state index contributed by atoms with van der Waals surface area (Å²) in [5, 5.41) is 12.2. The largest absolute Gasteiger partial charge is 0.494 e. The van der Waals surface area contributed by atoms with Crippen molar-refractivity contribution >= 4 is 5.69 Å². The minimum atomic E-state index is -0.332. The lowest BCUT2D eigenvalue weighted by molar-refractivity contribution is -0.385. The number of benzene rings is 3. The Hall–Kier alpha value is -3.34. The van der Waals surface area contributed by atoms with Crippen molar-refractivity contribution in [2.45, 2.75) is 78.6 Å². The summed E-state index contributed by atoms with van der Waals surface area (Å²) in [5.74, 6) is 1.45. The first-order chi connectivity index (χ1) is 18.5. The molecule has 1 atom stereocenters. The fourth-order valence-electron chi connectivity index (χ4n) is 4.54. The van der Waals surface area contributed by atoms with Crippen molar-refractivity contribution < 1.29 is 14.4 Å². The Bertz CT molecular complexity index is 1140. The van der Waals surface area contributed by atoms with Gasteiger partial charge in [-0.2, -0.15) is 0 Å². The second-order valence-electron chi connectivity index (χ2n) is 10.1. The van der Waals surface area contributed by atoms with Crippen molar-refractivity contribution in [3.8, 4) is 33.8 Å². The summed E-state index contributed by atoms with van der Waals surface area (Å²) in [4.78, 5) is 11.9. The van der Waals surface area contributed by atoms with Crippen LogP contribution >= 0.6 is 0 Å². The van der Waals surface area contributed by atoms with Gasteiger partial charge in [-0.1, -0.05) is 115 Å². The summed E-state index contributed by atoms with van der Waals surface area (Å²) in [6, 6.07) is 21.1. The molecule has 0 spiro atoms. The van der Waals surface area contributed by atoms with Gasteiger partial charge >= 0.3 is 5.69 Å². The third-order valence-corrected chi connectivity index (χ3v) is 7.03. The van der Waals surface area contributed by atoms with Gasteiger partial charge in [0.1, 0.15) is 5.75 Å². The Morgan fingerprint density at radius 2 is 1.42 bits per heavy atom. The fourth-order valence-corrected chi connectivity index (χ4v) is 4.54. The topological polar surface area (TPSA) is 61.6 Å². The zero-order valence-electron chi connectivity index (χ0n) is 23.3. The monoisotopic (exact) mass is 517 g/mol. The van der Waals surface area contributed by atoms with Crippen LogP contribution in [-0.2, 0) is 0 Å². The summed E-state index contributed by atoms with van der Waals surface area (Å²) < 4.78 is 12.0. The maximum atomic E-state index is 12.2. The van der Waals surface area contributed by atoms with Crippen molar-refractivity contribution in [1.29, 1.82) is 0 Å². The average molecular weight is 518 g/mol. The molecule has 5 heteroatoms. The van der Waals surface area contributed by atoms with Crippen LogP contribution in [0.2, 0.25) is 0 Å². The molecule has 5 nitrogen and oxygen atoms in total. The van der Waals surface area contributed by atoms with Crippen LogP contribution in [-0.4, -0.2) is 18.1 Å². The van der Waals surface area contributed by atoms with E-state index in [0.717, 1.165) is 35.3 Å². The van der Waals surface area contributed by atoms with Crippen LogP contribution < -0.4 is 9.47 Å². The molecule has 0 aliphatic heterocycles. The van der Waals surface area contributed by atoms with Gasteiger partial charge in [0, 0.05) is 0 Å². The molecule has 38 heavy (non-hydrogen) atoms. The lowest BCUT2D eigenvalue weighted by Gasteiger charge is -2.15. The molecular weight excluding hydrogens is 474 g/mol. The predicted octanol–water partition coefficient (Wildman–Crippen LogP) is 9.87. The fraction of sp³-hybridized carbons (Fsp3) is 0.455. The molecule has 0 N–H and O–H groups in total. The number of nitro groups is 1. The van der Waals surface area contributed by atoms with Crippen molar-refractivity contribution in [3.63, 3.8) is 0 Å². The van der Waals surface area contributed by atoms with Gasteiger partial charge in [-0.05, 0) is 53.3 Å². The number of unbranched alkanes of at least 4 members (excludes halogenated alkanes) is 7. The van der Waals surface area contributed by atoms with Gasteiger partial charge in [0.2, 0.25) is 0 Å². The lowest BCUT2D eigenvalue weighted by atomic mass is 9.93. The number of hydrogen-bond acceptors (Lipinski definition) is 4. The van der Waals surface area contributed by atoms with Gasteiger partial charge in [0.15, 0.2) is 5.75 Å². The molecule has 0 bridgehead atoms. The van der Waals surface area contributed by atoms with E-state index >= 15 is 0 Å². The molecule has 3 aromatic rings. The average Bonchev–Trinajstić information content (AvgIpc) is 2.94. The SMILES string of the molecule is CCCCCCCCCCOc1cccc(-c2ccccc2-c2cccc(OC[C@@H](C)CC)c2[N+](=O)[O-])c1. The van der Waals surface area contributed by atoms with Crippen LogP contribution in [0.3, 0.4) is 0 Å². The quantitative estimate of drug-likeness (QED) is 0.102. The summed E-state index contributed by atoms with van der Waals surface area (Å²) >= 11 is 0. The van der Waals surface area contributed by atoms with Crippen LogP contribution in [0, 0.1) is 16.0 Å². The summed E-state index contributed by atoms with van der Waals surface area (Å²) in [6.07, 6.45) is 11.1. The highest BCUT2D eigenvalue weighted by atomic mass is 16.6. The molecular formula is C33H43NO4. The van der Waals surface area contributed by atoms with E-state index < -0.39 is 0 Å². The van der Waals surface area contributed by atoms with Gasteiger partial charge in [-0.15, -0.1) is 0 Å². The van der Waals surface area contributed by atoms with Gasteiger partial charge in [0.05, 0.1) is 23.7 Å². The number of nitrogens with zero attached hydrogens (tertiary/aromatic N) is 1. The van der Waals surface area contributed by atoms with Crippen molar-refractivity contribution in [2.75, 3.05) is 13.2 Å². The van der Waals surface area contributed by atoms with Crippen molar-refractivity contribution in [2.24, 2.45) is 5.92 Å². The zero-order valence-corrected chi connectivity index (χ0v) is 23.3. The van der Waals surface area contributed by atoms with E-state index in [0.29, 0.717) is 30.4 Å². The molecule has 0 aliphatic rings. The minimum Gasteiger partial charge on any atom is -0.494 e. The molecule has 0 saturated heterocycles. The Morgan fingerprint density at radius 1 is 0.763 bits per heavy atom. The van der Waals surface area contributed by atoms with Gasteiger partial charge < -0.3 is 9.47 Å². The summed E-state index contributed by atoms with van der Waals surface area (Å²) in [6.45, 7) is 7.55. The molecule has 0 unspecified atom stereocenters. The maximum Gasteiger partial charge on any atom is 0.318 e. The van der Waals surface area contributed by atoms with Crippen molar-refractivity contribution in [3.05, 3.63) is 76.8 Å². The standard InChI is InChI=1S/C33H43NO4/c1-4-6-7-8-9-10-11-14-23-37-28-18-15-17-27(24-28)29-19-12-13-20-30(29)31-21-16-22-32(33(31)34(35)36)38-25-26(3)5-2/h12-13,15-22,24,26H,4-11,14,23,25H2,1-3H3/t26-/m0/s1. The summed E-state index contributed by atoms with van der Waals surface area (Å²) in [5.41, 5.74) is 3.25. The number of ether oxygens (including phenoxy) is 2.